The van der Waals surface area contributed by atoms with Gasteiger partial charge in [0.2, 0.25) is 17.7 Å². The maximum atomic E-state index is 13.6. The van der Waals surface area contributed by atoms with Crippen LogP contribution in [-0.4, -0.2) is 60.0 Å². The number of ketones is 1. The van der Waals surface area contributed by atoms with Gasteiger partial charge in [0, 0.05) is 55.3 Å². The fourth-order valence-electron chi connectivity index (χ4n) is 4.85. The third-order valence-electron chi connectivity index (χ3n) is 7.08. The van der Waals surface area contributed by atoms with Gasteiger partial charge in [-0.1, -0.05) is 36.4 Å². The summed E-state index contributed by atoms with van der Waals surface area (Å²) in [4.78, 5) is 54.9. The number of H-pyrrole nitrogens is 1. The molecule has 4 rings (SSSR count). The highest BCUT2D eigenvalue weighted by Crippen LogP contribution is 2.21. The Bertz CT molecular complexity index is 1330. The lowest BCUT2D eigenvalue weighted by atomic mass is 9.95. The fraction of sp³-hybridized carbons (Fsp3) is 0.367. The Kier molecular flexibility index (Phi) is 10.2. The number of ether oxygens (including phenoxy) is 1. The minimum Gasteiger partial charge on any atom is -0.381 e. The van der Waals surface area contributed by atoms with Gasteiger partial charge < -0.3 is 31.1 Å². The summed E-state index contributed by atoms with van der Waals surface area (Å²) in [5, 5.41) is 16.6. The van der Waals surface area contributed by atoms with E-state index in [4.69, 9.17) is 10.1 Å². The van der Waals surface area contributed by atoms with E-state index in [1.165, 1.54) is 0 Å². The molecule has 10 heteroatoms. The van der Waals surface area contributed by atoms with Crippen LogP contribution in [0.4, 0.5) is 5.69 Å². The van der Waals surface area contributed by atoms with E-state index in [1.54, 1.807) is 24.3 Å². The molecule has 3 aromatic rings. The Morgan fingerprint density at radius 1 is 0.950 bits per heavy atom. The molecule has 1 aliphatic rings. The van der Waals surface area contributed by atoms with Crippen molar-refractivity contribution in [2.45, 2.75) is 50.6 Å². The van der Waals surface area contributed by atoms with Crippen molar-refractivity contribution in [1.29, 1.82) is 5.41 Å². The largest absolute Gasteiger partial charge is 0.381 e. The molecule has 0 saturated carbocycles. The second kappa shape index (κ2) is 14.2. The van der Waals surface area contributed by atoms with E-state index in [1.807, 2.05) is 36.5 Å². The van der Waals surface area contributed by atoms with E-state index in [-0.39, 0.29) is 37.5 Å². The third-order valence-corrected chi connectivity index (χ3v) is 7.08. The van der Waals surface area contributed by atoms with Gasteiger partial charge in [-0.25, -0.2) is 0 Å². The van der Waals surface area contributed by atoms with Crippen molar-refractivity contribution in [3.8, 4) is 0 Å². The summed E-state index contributed by atoms with van der Waals surface area (Å²) < 4.78 is 5.39. The van der Waals surface area contributed by atoms with Gasteiger partial charge in [0.15, 0.2) is 5.78 Å². The number of hydrogen-bond acceptors (Lipinski definition) is 6. The van der Waals surface area contributed by atoms with Gasteiger partial charge >= 0.3 is 0 Å². The number of aromatic amines is 1. The molecular formula is C30H35N5O5. The molecule has 0 spiro atoms. The van der Waals surface area contributed by atoms with Crippen LogP contribution in [0.1, 0.15) is 37.7 Å². The number of para-hydroxylation sites is 2. The second-order valence-electron chi connectivity index (χ2n) is 10.0. The molecule has 2 heterocycles. The third kappa shape index (κ3) is 8.09. The summed E-state index contributed by atoms with van der Waals surface area (Å²) in [6.45, 7) is 1.23. The number of aromatic nitrogens is 1. The Hall–Kier alpha value is -4.31. The van der Waals surface area contributed by atoms with Crippen LogP contribution < -0.4 is 16.0 Å². The highest BCUT2D eigenvalue weighted by molar-refractivity contribution is 6.26. The van der Waals surface area contributed by atoms with E-state index in [0.717, 1.165) is 29.3 Å². The molecule has 0 radical (unpaired) electrons. The van der Waals surface area contributed by atoms with E-state index >= 15 is 0 Å². The first kappa shape index (κ1) is 28.7. The molecule has 5 N–H and O–H groups in total. The first-order chi connectivity index (χ1) is 19.4. The summed E-state index contributed by atoms with van der Waals surface area (Å²) in [7, 11) is 0. The number of carbonyl (C=O) groups is 4. The predicted molar refractivity (Wildman–Crippen MR) is 152 cm³/mol. The standard InChI is InChI=1S/C30H35N5O5/c31-18-23(36)10-11-26(29(38)33-22-6-2-1-3-7-22)35-30(39)27(34-28(37)16-20-12-14-40-15-13-20)17-21-19-32-25-9-5-4-8-24(21)25/h1-9,18-20,26-27,31-32H,10-17H2,(H,33,38)(H,34,37)(H,35,39)/t26-,27-/m0/s1. The number of nitrogens with one attached hydrogen (secondary N) is 5. The Balaban J connectivity index is 1.52. The lowest BCUT2D eigenvalue weighted by Gasteiger charge is -2.25. The molecule has 210 valence electrons. The topological polar surface area (TPSA) is 153 Å². The Morgan fingerprint density at radius 3 is 2.42 bits per heavy atom. The van der Waals surface area contributed by atoms with Gasteiger partial charge in [0.25, 0.3) is 0 Å². The molecule has 3 amide bonds. The maximum absolute atomic E-state index is 13.6. The van der Waals surface area contributed by atoms with Crippen LogP contribution in [0.25, 0.3) is 10.9 Å². The van der Waals surface area contributed by atoms with E-state index in [9.17, 15) is 19.2 Å². The van der Waals surface area contributed by atoms with Crippen LogP contribution >= 0.6 is 0 Å². The molecule has 0 unspecified atom stereocenters. The van der Waals surface area contributed by atoms with Crippen LogP contribution in [0, 0.1) is 11.3 Å². The zero-order valence-electron chi connectivity index (χ0n) is 22.3. The summed E-state index contributed by atoms with van der Waals surface area (Å²) in [6, 6.07) is 14.5. The monoisotopic (exact) mass is 545 g/mol. The van der Waals surface area contributed by atoms with Crippen molar-refractivity contribution in [3.05, 3.63) is 66.4 Å². The van der Waals surface area contributed by atoms with Gasteiger partial charge in [-0.15, -0.1) is 0 Å². The first-order valence-corrected chi connectivity index (χ1v) is 13.5. The molecule has 1 fully saturated rings. The van der Waals surface area contributed by atoms with E-state index in [0.29, 0.717) is 25.1 Å². The molecule has 40 heavy (non-hydrogen) atoms. The van der Waals surface area contributed by atoms with Crippen molar-refractivity contribution >= 4 is 46.3 Å². The molecule has 2 atom stereocenters. The lowest BCUT2D eigenvalue weighted by Crippen LogP contribution is -2.53. The smallest absolute Gasteiger partial charge is 0.246 e. The molecule has 0 bridgehead atoms. The minimum atomic E-state index is -1.05. The minimum absolute atomic E-state index is 0.00838. The van der Waals surface area contributed by atoms with E-state index < -0.39 is 29.7 Å². The predicted octanol–water partition coefficient (Wildman–Crippen LogP) is 3.13. The molecule has 2 aromatic carbocycles. The highest BCUT2D eigenvalue weighted by Gasteiger charge is 2.29. The van der Waals surface area contributed by atoms with E-state index in [2.05, 4.69) is 20.9 Å². The number of rotatable bonds is 13. The first-order valence-electron chi connectivity index (χ1n) is 13.5. The van der Waals surface area contributed by atoms with Gasteiger partial charge in [0.1, 0.15) is 12.1 Å². The van der Waals surface area contributed by atoms with Gasteiger partial charge in [-0.3, -0.25) is 19.2 Å². The number of hydrogen-bond donors (Lipinski definition) is 5. The van der Waals surface area contributed by atoms with Gasteiger partial charge in [-0.05, 0) is 48.9 Å². The van der Waals surface area contributed by atoms with Crippen molar-refractivity contribution in [2.75, 3.05) is 18.5 Å². The number of carbonyl (C=O) groups excluding carboxylic acids is 4. The summed E-state index contributed by atoms with van der Waals surface area (Å²) in [5.41, 5.74) is 2.31. The van der Waals surface area contributed by atoms with Crippen LogP contribution in [-0.2, 0) is 30.3 Å². The van der Waals surface area contributed by atoms with Gasteiger partial charge in [0.05, 0.1) is 6.21 Å². The summed E-state index contributed by atoms with van der Waals surface area (Å²) in [6.07, 6.45) is 4.51. The second-order valence-corrected chi connectivity index (χ2v) is 10.0. The average molecular weight is 546 g/mol. The molecule has 0 aliphatic carbocycles. The lowest BCUT2D eigenvalue weighted by molar-refractivity contribution is -0.131. The summed E-state index contributed by atoms with van der Waals surface area (Å²) >= 11 is 0. The number of anilines is 1. The summed E-state index contributed by atoms with van der Waals surface area (Å²) in [5.74, 6) is -1.53. The van der Waals surface area contributed by atoms with Crippen LogP contribution in [0.15, 0.2) is 60.8 Å². The van der Waals surface area contributed by atoms with Crippen LogP contribution in [0.3, 0.4) is 0 Å². The van der Waals surface area contributed by atoms with Crippen LogP contribution in [0.5, 0.6) is 0 Å². The average Bonchev–Trinajstić information content (AvgIpc) is 3.38. The SMILES string of the molecule is N=CC(=O)CC[C@H](NC(=O)[C@H](Cc1c[nH]c2ccccc12)NC(=O)CC1CCOCC1)C(=O)Nc1ccccc1. The fourth-order valence-corrected chi connectivity index (χ4v) is 4.85. The molecule has 1 aromatic heterocycles. The number of fused-ring (bicyclic) bond motifs is 1. The molecule has 10 nitrogen and oxygen atoms in total. The zero-order valence-corrected chi connectivity index (χ0v) is 22.3. The van der Waals surface area contributed by atoms with Crippen LogP contribution in [0.2, 0.25) is 0 Å². The zero-order chi connectivity index (χ0) is 28.3. The van der Waals surface area contributed by atoms with Crippen molar-refractivity contribution in [3.63, 3.8) is 0 Å². The molecular weight excluding hydrogens is 510 g/mol. The Labute approximate surface area is 232 Å². The number of benzene rings is 2. The molecule has 1 aliphatic heterocycles. The Morgan fingerprint density at radius 2 is 1.68 bits per heavy atom. The van der Waals surface area contributed by atoms with Crippen molar-refractivity contribution < 1.29 is 23.9 Å². The maximum Gasteiger partial charge on any atom is 0.246 e. The van der Waals surface area contributed by atoms with Crippen molar-refractivity contribution in [2.24, 2.45) is 5.92 Å². The van der Waals surface area contributed by atoms with Crippen molar-refractivity contribution in [1.82, 2.24) is 15.6 Å². The van der Waals surface area contributed by atoms with Gasteiger partial charge in [-0.2, -0.15) is 0 Å². The molecule has 1 saturated heterocycles. The normalized spacial score (nSPS) is 15.1. The number of amides is 3. The quantitative estimate of drug-likeness (QED) is 0.209. The highest BCUT2D eigenvalue weighted by atomic mass is 16.5. The number of Topliss-reactive ketones (excluding diaryl/α,β-unsaturated/α-hetero) is 1.